The molecule has 32 heavy (non-hydrogen) atoms. The average Bonchev–Trinajstić information content (AvgIpc) is 2.78. The Morgan fingerprint density at radius 3 is 2.34 bits per heavy atom. The molecule has 0 radical (unpaired) electrons. The number of carbonyl (C=O) groups excluding carboxylic acids is 1. The molecule has 1 amide bonds. The van der Waals surface area contributed by atoms with Crippen molar-refractivity contribution in [1.82, 2.24) is 5.43 Å². The molecule has 0 aliphatic rings. The first kappa shape index (κ1) is 22.7. The normalized spacial score (nSPS) is 11.7. The summed E-state index contributed by atoms with van der Waals surface area (Å²) in [5.74, 6) is 0.198. The number of nitrogens with zero attached hydrogens (tertiary/aromatic N) is 3. The Balaban J connectivity index is 1.53. The second kappa shape index (κ2) is 10.3. The maximum atomic E-state index is 12.0. The standard InChI is InChI=1S/C25H26N4O3/c1-25(2,3)19-9-12-22(13-10-19)32-17-24(31)29-26-16-18-15-21(11-14-23(18)30)28-27-20-7-5-4-6-8-20/h4-16,30H,17H2,1-3H3,(H,29,31)/b26-16+,28-27?. The molecule has 0 spiro atoms. The third-order valence-electron chi connectivity index (χ3n) is 4.53. The number of nitrogens with one attached hydrogen (secondary N) is 1. The summed E-state index contributed by atoms with van der Waals surface area (Å²) >= 11 is 0. The number of hydrazone groups is 1. The molecule has 3 aromatic carbocycles. The number of phenolic OH excluding ortho intramolecular Hbond substituents is 1. The Kier molecular flexibility index (Phi) is 7.33. The molecule has 0 aliphatic heterocycles. The number of phenols is 1. The molecule has 7 heteroatoms. The Morgan fingerprint density at radius 2 is 1.66 bits per heavy atom. The fraction of sp³-hybridized carbons (Fsp3) is 0.200. The number of rotatable bonds is 7. The van der Waals surface area contributed by atoms with E-state index in [1.54, 1.807) is 12.1 Å². The SMILES string of the molecule is CC(C)(C)c1ccc(OCC(=O)N/N=C/c2cc(N=Nc3ccccc3)ccc2O)cc1. The molecule has 0 aromatic heterocycles. The lowest BCUT2D eigenvalue weighted by Crippen LogP contribution is -2.24. The number of carbonyl (C=O) groups is 1. The van der Waals surface area contributed by atoms with Gasteiger partial charge in [-0.1, -0.05) is 51.1 Å². The lowest BCUT2D eigenvalue weighted by Gasteiger charge is -2.19. The van der Waals surface area contributed by atoms with Crippen LogP contribution >= 0.6 is 0 Å². The molecule has 0 bridgehead atoms. The minimum absolute atomic E-state index is 0.0110. The third kappa shape index (κ3) is 6.77. The van der Waals surface area contributed by atoms with Crippen molar-refractivity contribution < 1.29 is 14.6 Å². The van der Waals surface area contributed by atoms with Gasteiger partial charge < -0.3 is 9.84 Å². The van der Waals surface area contributed by atoms with Crippen LogP contribution in [0.25, 0.3) is 0 Å². The van der Waals surface area contributed by atoms with Crippen LogP contribution < -0.4 is 10.2 Å². The summed E-state index contributed by atoms with van der Waals surface area (Å²) in [4.78, 5) is 12.0. The maximum absolute atomic E-state index is 12.0. The fourth-order valence-electron chi connectivity index (χ4n) is 2.72. The quantitative estimate of drug-likeness (QED) is 0.289. The molecular weight excluding hydrogens is 404 g/mol. The van der Waals surface area contributed by atoms with Crippen LogP contribution in [0.2, 0.25) is 0 Å². The maximum Gasteiger partial charge on any atom is 0.277 e. The topological polar surface area (TPSA) is 95.6 Å². The van der Waals surface area contributed by atoms with Gasteiger partial charge in [0.05, 0.1) is 17.6 Å². The smallest absolute Gasteiger partial charge is 0.277 e. The fourth-order valence-corrected chi connectivity index (χ4v) is 2.72. The molecule has 2 N–H and O–H groups in total. The number of amides is 1. The van der Waals surface area contributed by atoms with E-state index < -0.39 is 5.91 Å². The van der Waals surface area contributed by atoms with Crippen LogP contribution in [-0.4, -0.2) is 23.8 Å². The predicted octanol–water partition coefficient (Wildman–Crippen LogP) is 5.63. The van der Waals surface area contributed by atoms with Crippen molar-refractivity contribution in [2.24, 2.45) is 15.3 Å². The number of ether oxygens (including phenoxy) is 1. The largest absolute Gasteiger partial charge is 0.507 e. The van der Waals surface area contributed by atoms with Crippen LogP contribution in [-0.2, 0) is 10.2 Å². The van der Waals surface area contributed by atoms with Gasteiger partial charge in [0, 0.05) is 5.56 Å². The zero-order valence-corrected chi connectivity index (χ0v) is 18.3. The van der Waals surface area contributed by atoms with Crippen molar-refractivity contribution >= 4 is 23.5 Å². The first-order valence-corrected chi connectivity index (χ1v) is 10.2. The van der Waals surface area contributed by atoms with Crippen LogP contribution in [0.1, 0.15) is 31.9 Å². The number of hydrogen-bond acceptors (Lipinski definition) is 6. The van der Waals surface area contributed by atoms with Gasteiger partial charge in [-0.2, -0.15) is 15.3 Å². The first-order valence-electron chi connectivity index (χ1n) is 10.2. The molecule has 0 unspecified atom stereocenters. The van der Waals surface area contributed by atoms with E-state index in [1.807, 2.05) is 54.6 Å². The van der Waals surface area contributed by atoms with E-state index in [0.29, 0.717) is 17.0 Å². The van der Waals surface area contributed by atoms with Crippen molar-refractivity contribution in [2.45, 2.75) is 26.2 Å². The number of azo groups is 1. The van der Waals surface area contributed by atoms with Crippen LogP contribution in [0.5, 0.6) is 11.5 Å². The lowest BCUT2D eigenvalue weighted by atomic mass is 9.87. The number of aromatic hydroxyl groups is 1. The van der Waals surface area contributed by atoms with Crippen LogP contribution in [0.15, 0.2) is 88.1 Å². The van der Waals surface area contributed by atoms with Gasteiger partial charge in [-0.25, -0.2) is 5.43 Å². The third-order valence-corrected chi connectivity index (χ3v) is 4.53. The zero-order chi connectivity index (χ0) is 23.0. The minimum Gasteiger partial charge on any atom is -0.507 e. The lowest BCUT2D eigenvalue weighted by molar-refractivity contribution is -0.123. The van der Waals surface area contributed by atoms with Crippen molar-refractivity contribution in [2.75, 3.05) is 6.61 Å². The monoisotopic (exact) mass is 430 g/mol. The van der Waals surface area contributed by atoms with E-state index >= 15 is 0 Å². The van der Waals surface area contributed by atoms with Crippen molar-refractivity contribution in [3.63, 3.8) is 0 Å². The highest BCUT2D eigenvalue weighted by atomic mass is 16.5. The summed E-state index contributed by atoms with van der Waals surface area (Å²) in [7, 11) is 0. The molecular formula is C25H26N4O3. The molecule has 3 rings (SSSR count). The summed E-state index contributed by atoms with van der Waals surface area (Å²) in [5, 5.41) is 22.2. The van der Waals surface area contributed by atoms with Gasteiger partial charge in [0.15, 0.2) is 6.61 Å². The van der Waals surface area contributed by atoms with E-state index in [2.05, 4.69) is 41.5 Å². The molecule has 0 aliphatic carbocycles. The highest BCUT2D eigenvalue weighted by molar-refractivity contribution is 5.86. The molecule has 0 fully saturated rings. The van der Waals surface area contributed by atoms with E-state index in [4.69, 9.17) is 4.74 Å². The highest BCUT2D eigenvalue weighted by Crippen LogP contribution is 2.25. The number of benzene rings is 3. The van der Waals surface area contributed by atoms with Crippen LogP contribution in [0, 0.1) is 0 Å². The first-order chi connectivity index (χ1) is 15.3. The second-order valence-electron chi connectivity index (χ2n) is 8.13. The molecule has 0 heterocycles. The van der Waals surface area contributed by atoms with Crippen molar-refractivity contribution in [1.29, 1.82) is 0 Å². The van der Waals surface area contributed by atoms with E-state index in [9.17, 15) is 9.90 Å². The molecule has 0 saturated heterocycles. The number of hydrogen-bond donors (Lipinski definition) is 2. The van der Waals surface area contributed by atoms with E-state index in [0.717, 1.165) is 5.69 Å². The van der Waals surface area contributed by atoms with Gasteiger partial charge in [-0.15, -0.1) is 0 Å². The minimum atomic E-state index is -0.416. The average molecular weight is 431 g/mol. The van der Waals surface area contributed by atoms with Crippen LogP contribution in [0.3, 0.4) is 0 Å². The van der Waals surface area contributed by atoms with Gasteiger partial charge in [-0.3, -0.25) is 4.79 Å². The molecule has 0 saturated carbocycles. The summed E-state index contributed by atoms with van der Waals surface area (Å²) < 4.78 is 5.49. The Morgan fingerprint density at radius 1 is 0.969 bits per heavy atom. The summed E-state index contributed by atoms with van der Waals surface area (Å²) in [6, 6.07) is 21.7. The van der Waals surface area contributed by atoms with Gasteiger partial charge >= 0.3 is 0 Å². The predicted molar refractivity (Wildman–Crippen MR) is 125 cm³/mol. The summed E-state index contributed by atoms with van der Waals surface area (Å²) in [6.07, 6.45) is 1.34. The Labute approximate surface area is 187 Å². The molecule has 164 valence electrons. The zero-order valence-electron chi connectivity index (χ0n) is 18.3. The molecule has 3 aromatic rings. The van der Waals surface area contributed by atoms with Crippen molar-refractivity contribution in [3.05, 3.63) is 83.9 Å². The van der Waals surface area contributed by atoms with Crippen molar-refractivity contribution in [3.8, 4) is 11.5 Å². The Bertz CT molecular complexity index is 1100. The van der Waals surface area contributed by atoms with E-state index in [1.165, 1.54) is 17.8 Å². The van der Waals surface area contributed by atoms with Gasteiger partial charge in [0.2, 0.25) is 0 Å². The summed E-state index contributed by atoms with van der Waals surface area (Å²) in [5.41, 5.74) is 5.28. The van der Waals surface area contributed by atoms with E-state index in [-0.39, 0.29) is 17.8 Å². The summed E-state index contributed by atoms with van der Waals surface area (Å²) in [6.45, 7) is 6.22. The highest BCUT2D eigenvalue weighted by Gasteiger charge is 2.13. The van der Waals surface area contributed by atoms with Gasteiger partial charge in [0.1, 0.15) is 11.5 Å². The van der Waals surface area contributed by atoms with Crippen LogP contribution in [0.4, 0.5) is 11.4 Å². The second-order valence-corrected chi connectivity index (χ2v) is 8.13. The molecule has 7 nitrogen and oxygen atoms in total. The van der Waals surface area contributed by atoms with Gasteiger partial charge in [0.25, 0.3) is 5.91 Å². The van der Waals surface area contributed by atoms with Gasteiger partial charge in [-0.05, 0) is 53.4 Å². The Hall–Kier alpha value is -4.00. The molecule has 0 atom stereocenters.